The normalized spacial score (nSPS) is 12.3. The lowest BCUT2D eigenvalue weighted by atomic mass is 10.0. The highest BCUT2D eigenvalue weighted by molar-refractivity contribution is 9.10. The van der Waals surface area contributed by atoms with E-state index in [1.54, 1.807) is 32.2 Å². The summed E-state index contributed by atoms with van der Waals surface area (Å²) in [5.74, 6) is -0.569. The molecule has 5 heteroatoms. The predicted octanol–water partition coefficient (Wildman–Crippen LogP) is 5.37. The first-order valence-corrected chi connectivity index (χ1v) is 7.10. The lowest BCUT2D eigenvalue weighted by molar-refractivity contribution is 0.414. The molecule has 0 radical (unpaired) electrons. The summed E-state index contributed by atoms with van der Waals surface area (Å²) in [5, 5.41) is -0.713. The van der Waals surface area contributed by atoms with E-state index in [0.29, 0.717) is 21.3 Å². The van der Waals surface area contributed by atoms with E-state index in [4.69, 9.17) is 16.3 Å². The number of alkyl halides is 1. The summed E-state index contributed by atoms with van der Waals surface area (Å²) in [6.45, 7) is 1.57. The Bertz CT molecular complexity index is 646. The molecule has 0 spiro atoms. The van der Waals surface area contributed by atoms with Crippen LogP contribution in [0.4, 0.5) is 8.78 Å². The monoisotopic (exact) mass is 360 g/mol. The van der Waals surface area contributed by atoms with E-state index >= 15 is 0 Å². The van der Waals surface area contributed by atoms with Gasteiger partial charge in [-0.05, 0) is 36.2 Å². The van der Waals surface area contributed by atoms with Crippen LogP contribution in [-0.4, -0.2) is 7.11 Å². The van der Waals surface area contributed by atoms with E-state index < -0.39 is 17.0 Å². The van der Waals surface area contributed by atoms with E-state index in [2.05, 4.69) is 15.9 Å². The highest BCUT2D eigenvalue weighted by Gasteiger charge is 2.19. The SMILES string of the molecule is COc1ccc(C(Cl)c2cc(C)c(F)cc2F)c(Br)c1. The fourth-order valence-electron chi connectivity index (χ4n) is 1.88. The third-order valence-electron chi connectivity index (χ3n) is 3.03. The summed E-state index contributed by atoms with van der Waals surface area (Å²) < 4.78 is 33.0. The van der Waals surface area contributed by atoms with E-state index in [9.17, 15) is 8.78 Å². The minimum atomic E-state index is -0.713. The summed E-state index contributed by atoms with van der Waals surface area (Å²) in [6.07, 6.45) is 0. The van der Waals surface area contributed by atoms with Gasteiger partial charge in [0, 0.05) is 16.1 Å². The lowest BCUT2D eigenvalue weighted by Gasteiger charge is -2.15. The molecule has 20 heavy (non-hydrogen) atoms. The molecule has 0 heterocycles. The largest absolute Gasteiger partial charge is 0.497 e. The van der Waals surface area contributed by atoms with Crippen molar-refractivity contribution in [3.05, 3.63) is 63.1 Å². The van der Waals surface area contributed by atoms with Gasteiger partial charge in [-0.15, -0.1) is 11.6 Å². The molecule has 0 fully saturated rings. The van der Waals surface area contributed by atoms with Crippen LogP contribution in [0.3, 0.4) is 0 Å². The van der Waals surface area contributed by atoms with Gasteiger partial charge in [-0.3, -0.25) is 0 Å². The molecule has 1 nitrogen and oxygen atoms in total. The molecule has 0 bridgehead atoms. The molecule has 0 N–H and O–H groups in total. The first kappa shape index (κ1) is 15.3. The number of methoxy groups -OCH3 is 1. The number of hydrogen-bond donors (Lipinski definition) is 0. The second-order valence-electron chi connectivity index (χ2n) is 4.37. The van der Waals surface area contributed by atoms with Crippen LogP contribution in [0.25, 0.3) is 0 Å². The molecule has 0 aliphatic rings. The number of hydrogen-bond acceptors (Lipinski definition) is 1. The zero-order chi connectivity index (χ0) is 14.9. The van der Waals surface area contributed by atoms with Crippen molar-refractivity contribution in [2.45, 2.75) is 12.3 Å². The highest BCUT2D eigenvalue weighted by Crippen LogP contribution is 2.37. The molecule has 106 valence electrons. The number of benzene rings is 2. The molecule has 0 aromatic heterocycles. The second-order valence-corrected chi connectivity index (χ2v) is 5.66. The number of ether oxygens (including phenoxy) is 1. The first-order valence-electron chi connectivity index (χ1n) is 5.87. The molecule has 2 rings (SSSR count). The van der Waals surface area contributed by atoms with Gasteiger partial charge < -0.3 is 4.74 Å². The Kier molecular flexibility index (Phi) is 4.66. The summed E-state index contributed by atoms with van der Waals surface area (Å²) >= 11 is 9.71. The average Bonchev–Trinajstić information content (AvgIpc) is 2.42. The van der Waals surface area contributed by atoms with Gasteiger partial charge in [0.25, 0.3) is 0 Å². The second kappa shape index (κ2) is 6.10. The van der Waals surface area contributed by atoms with Crippen molar-refractivity contribution >= 4 is 27.5 Å². The van der Waals surface area contributed by atoms with Gasteiger partial charge in [0.15, 0.2) is 0 Å². The zero-order valence-electron chi connectivity index (χ0n) is 10.9. The summed E-state index contributed by atoms with van der Waals surface area (Å²) in [4.78, 5) is 0. The summed E-state index contributed by atoms with van der Waals surface area (Å²) in [6, 6.07) is 7.53. The van der Waals surface area contributed by atoms with Crippen LogP contribution in [0, 0.1) is 18.6 Å². The minimum absolute atomic E-state index is 0.247. The molecule has 0 saturated heterocycles. The Hall–Kier alpha value is -1.13. The lowest BCUT2D eigenvalue weighted by Crippen LogP contribution is -2.01. The van der Waals surface area contributed by atoms with Crippen molar-refractivity contribution in [2.75, 3.05) is 7.11 Å². The fraction of sp³-hybridized carbons (Fsp3) is 0.200. The van der Waals surface area contributed by atoms with Crippen molar-refractivity contribution in [3.63, 3.8) is 0 Å². The van der Waals surface area contributed by atoms with Crippen LogP contribution >= 0.6 is 27.5 Å². The number of halogens is 4. The standard InChI is InChI=1S/C15H12BrClF2O/c1-8-5-11(14(19)7-13(8)18)15(17)10-4-3-9(20-2)6-12(10)16/h3-7,15H,1-2H3. The molecule has 0 saturated carbocycles. The van der Waals surface area contributed by atoms with Crippen molar-refractivity contribution in [2.24, 2.45) is 0 Å². The molecule has 0 amide bonds. The van der Waals surface area contributed by atoms with Crippen molar-refractivity contribution < 1.29 is 13.5 Å². The molecule has 1 unspecified atom stereocenters. The third kappa shape index (κ3) is 2.96. The Morgan fingerprint density at radius 1 is 1.10 bits per heavy atom. The predicted molar refractivity (Wildman–Crippen MR) is 79.5 cm³/mol. The molecule has 2 aromatic carbocycles. The Balaban J connectivity index is 2.46. The summed E-state index contributed by atoms with van der Waals surface area (Å²) in [5.41, 5.74) is 1.30. The van der Waals surface area contributed by atoms with Crippen LogP contribution in [0.1, 0.15) is 22.1 Å². The highest BCUT2D eigenvalue weighted by atomic mass is 79.9. The van der Waals surface area contributed by atoms with Crippen molar-refractivity contribution in [1.29, 1.82) is 0 Å². The Morgan fingerprint density at radius 2 is 1.80 bits per heavy atom. The average molecular weight is 362 g/mol. The Morgan fingerprint density at radius 3 is 2.40 bits per heavy atom. The van der Waals surface area contributed by atoms with Gasteiger partial charge in [0.2, 0.25) is 0 Å². The van der Waals surface area contributed by atoms with Gasteiger partial charge in [0.05, 0.1) is 12.5 Å². The Labute approximate surface area is 129 Å². The molecule has 0 aliphatic heterocycles. The smallest absolute Gasteiger partial charge is 0.131 e. The summed E-state index contributed by atoms with van der Waals surface area (Å²) in [7, 11) is 1.56. The van der Waals surface area contributed by atoms with E-state index in [1.165, 1.54) is 6.07 Å². The van der Waals surface area contributed by atoms with Crippen molar-refractivity contribution in [3.8, 4) is 5.75 Å². The van der Waals surface area contributed by atoms with Crippen molar-refractivity contribution in [1.82, 2.24) is 0 Å². The van der Waals surface area contributed by atoms with Crippen LogP contribution < -0.4 is 4.74 Å². The third-order valence-corrected chi connectivity index (χ3v) is 4.19. The zero-order valence-corrected chi connectivity index (χ0v) is 13.2. The van der Waals surface area contributed by atoms with Crippen LogP contribution in [0.5, 0.6) is 5.75 Å². The van der Waals surface area contributed by atoms with E-state index in [1.807, 2.05) is 0 Å². The number of rotatable bonds is 3. The minimum Gasteiger partial charge on any atom is -0.497 e. The van der Waals surface area contributed by atoms with E-state index in [-0.39, 0.29) is 5.56 Å². The topological polar surface area (TPSA) is 9.23 Å². The number of aryl methyl sites for hydroxylation is 1. The molecular weight excluding hydrogens is 350 g/mol. The van der Waals surface area contributed by atoms with Crippen LogP contribution in [0.2, 0.25) is 0 Å². The van der Waals surface area contributed by atoms with Gasteiger partial charge in [-0.25, -0.2) is 8.78 Å². The van der Waals surface area contributed by atoms with Crippen LogP contribution in [-0.2, 0) is 0 Å². The van der Waals surface area contributed by atoms with Gasteiger partial charge >= 0.3 is 0 Å². The first-order chi connectivity index (χ1) is 9.43. The molecule has 0 aliphatic carbocycles. The fourth-order valence-corrected chi connectivity index (χ4v) is 2.96. The maximum absolute atomic E-state index is 13.9. The maximum Gasteiger partial charge on any atom is 0.131 e. The quantitative estimate of drug-likeness (QED) is 0.668. The van der Waals surface area contributed by atoms with Gasteiger partial charge in [-0.2, -0.15) is 0 Å². The molecule has 2 aromatic rings. The molecular formula is C15H12BrClF2O. The maximum atomic E-state index is 13.9. The van der Waals surface area contributed by atoms with Crippen LogP contribution in [0.15, 0.2) is 34.8 Å². The van der Waals surface area contributed by atoms with E-state index in [0.717, 1.165) is 6.07 Å². The van der Waals surface area contributed by atoms with Gasteiger partial charge in [0.1, 0.15) is 17.4 Å². The molecule has 1 atom stereocenters. The van der Waals surface area contributed by atoms with Gasteiger partial charge in [-0.1, -0.05) is 22.0 Å².